The van der Waals surface area contributed by atoms with Crippen molar-refractivity contribution in [1.29, 1.82) is 0 Å². The van der Waals surface area contributed by atoms with Gasteiger partial charge in [-0.05, 0) is 11.3 Å². The molecule has 5 heteroatoms. The Balaban J connectivity index is 2.77. The van der Waals surface area contributed by atoms with Crippen LogP contribution in [0.25, 0.3) is 0 Å². The lowest BCUT2D eigenvalue weighted by Gasteiger charge is -1.93. The van der Waals surface area contributed by atoms with E-state index in [1.165, 1.54) is 11.3 Å². The Hall–Kier alpha value is -0.130. The van der Waals surface area contributed by atoms with E-state index >= 15 is 0 Å². The number of rotatable bonds is 1. The summed E-state index contributed by atoms with van der Waals surface area (Å²) in [4.78, 5) is 0. The fourth-order valence-electron chi connectivity index (χ4n) is 0.288. The third kappa shape index (κ3) is 1.18. The standard InChI is InChI=1S/C3H4N2OS2/c1-8(6)3-5-4-2-7-3/h2H,1H3/t8-/m1/s1. The Morgan fingerprint density at radius 1 is 1.88 bits per heavy atom. The van der Waals surface area contributed by atoms with E-state index in [-0.39, 0.29) is 0 Å². The summed E-state index contributed by atoms with van der Waals surface area (Å²) in [6, 6.07) is 0. The molecule has 1 rings (SSSR count). The first-order valence-corrected chi connectivity index (χ1v) is 4.34. The molecule has 1 aromatic heterocycles. The largest absolute Gasteiger partial charge is 0.610 e. The Bertz CT molecular complexity index is 150. The predicted octanol–water partition coefficient (Wildman–Crippen LogP) is 0.276. The first kappa shape index (κ1) is 6.00. The van der Waals surface area contributed by atoms with E-state index in [1.54, 1.807) is 11.8 Å². The summed E-state index contributed by atoms with van der Waals surface area (Å²) in [7, 11) is 0. The van der Waals surface area contributed by atoms with Crippen LogP contribution in [0, 0.1) is 0 Å². The van der Waals surface area contributed by atoms with Gasteiger partial charge in [0.2, 0.25) is 0 Å². The highest BCUT2D eigenvalue weighted by molar-refractivity contribution is 7.92. The molecule has 0 saturated carbocycles. The first-order chi connectivity index (χ1) is 3.80. The van der Waals surface area contributed by atoms with Crippen LogP contribution in [0.3, 0.4) is 0 Å². The highest BCUT2D eigenvalue weighted by atomic mass is 32.2. The SMILES string of the molecule is C[S@@+]([O-])c1nncs1. The molecule has 0 saturated heterocycles. The van der Waals surface area contributed by atoms with Crippen molar-refractivity contribution in [2.75, 3.05) is 6.26 Å². The minimum absolute atomic E-state index is 0.588. The van der Waals surface area contributed by atoms with Crippen LogP contribution in [0.5, 0.6) is 0 Å². The van der Waals surface area contributed by atoms with Crippen molar-refractivity contribution >= 4 is 22.5 Å². The minimum atomic E-state index is -0.953. The van der Waals surface area contributed by atoms with Crippen LogP contribution in [0.1, 0.15) is 0 Å². The lowest BCUT2D eigenvalue weighted by atomic mass is 11.6. The summed E-state index contributed by atoms with van der Waals surface area (Å²) in [5.74, 6) is 0. The van der Waals surface area contributed by atoms with E-state index in [1.807, 2.05) is 0 Å². The molecule has 0 aromatic carbocycles. The topological polar surface area (TPSA) is 48.8 Å². The molecule has 0 bridgehead atoms. The molecular formula is C3H4N2OS2. The summed E-state index contributed by atoms with van der Waals surface area (Å²) in [6.07, 6.45) is 1.58. The number of hydrogen-bond donors (Lipinski definition) is 0. The molecule has 1 atom stereocenters. The molecule has 0 unspecified atom stereocenters. The maximum Gasteiger partial charge on any atom is 0.321 e. The van der Waals surface area contributed by atoms with Crippen molar-refractivity contribution < 1.29 is 4.55 Å². The first-order valence-electron chi connectivity index (χ1n) is 1.90. The van der Waals surface area contributed by atoms with Gasteiger partial charge >= 0.3 is 4.34 Å². The molecule has 0 N–H and O–H groups in total. The monoisotopic (exact) mass is 148 g/mol. The second-order valence-corrected chi connectivity index (χ2v) is 3.55. The summed E-state index contributed by atoms with van der Waals surface area (Å²) < 4.78 is 11.1. The van der Waals surface area contributed by atoms with Gasteiger partial charge in [0.15, 0.2) is 0 Å². The van der Waals surface area contributed by atoms with Crippen LogP contribution in [0.2, 0.25) is 0 Å². The van der Waals surface area contributed by atoms with Gasteiger partial charge in [-0.15, -0.1) is 5.10 Å². The van der Waals surface area contributed by atoms with Gasteiger partial charge in [0.05, 0.1) is 0 Å². The van der Waals surface area contributed by atoms with Gasteiger partial charge in [-0.25, -0.2) is 0 Å². The third-order valence-corrected chi connectivity index (χ3v) is 2.64. The van der Waals surface area contributed by atoms with Crippen LogP contribution in [0.15, 0.2) is 9.85 Å². The van der Waals surface area contributed by atoms with Crippen LogP contribution in [0.4, 0.5) is 0 Å². The van der Waals surface area contributed by atoms with Crippen LogP contribution < -0.4 is 0 Å². The van der Waals surface area contributed by atoms with Crippen molar-refractivity contribution in [1.82, 2.24) is 10.2 Å². The molecule has 0 aliphatic carbocycles. The Morgan fingerprint density at radius 2 is 2.62 bits per heavy atom. The molecule has 3 nitrogen and oxygen atoms in total. The van der Waals surface area contributed by atoms with E-state index in [2.05, 4.69) is 10.2 Å². The van der Waals surface area contributed by atoms with E-state index in [4.69, 9.17) is 0 Å². The summed E-state index contributed by atoms with van der Waals surface area (Å²) >= 11 is 0.356. The average molecular weight is 148 g/mol. The maximum atomic E-state index is 10.5. The molecule has 8 heavy (non-hydrogen) atoms. The van der Waals surface area contributed by atoms with Crippen molar-refractivity contribution in [3.05, 3.63) is 5.51 Å². The summed E-state index contributed by atoms with van der Waals surface area (Å²) in [5, 5.41) is 7.10. The van der Waals surface area contributed by atoms with E-state index in [0.717, 1.165) is 0 Å². The second-order valence-electron chi connectivity index (χ2n) is 1.16. The number of nitrogens with zero attached hydrogens (tertiary/aromatic N) is 2. The van der Waals surface area contributed by atoms with Gasteiger partial charge in [0.1, 0.15) is 11.8 Å². The van der Waals surface area contributed by atoms with E-state index in [9.17, 15) is 4.55 Å². The number of aromatic nitrogens is 2. The molecule has 0 radical (unpaired) electrons. The fraction of sp³-hybridized carbons (Fsp3) is 0.333. The fourth-order valence-corrected chi connectivity index (χ4v) is 1.40. The molecule has 0 spiro atoms. The van der Waals surface area contributed by atoms with Crippen LogP contribution in [-0.2, 0) is 11.2 Å². The third-order valence-electron chi connectivity index (χ3n) is 0.586. The lowest BCUT2D eigenvalue weighted by molar-refractivity contribution is 0.599. The van der Waals surface area contributed by atoms with Crippen LogP contribution >= 0.6 is 11.3 Å². The zero-order valence-corrected chi connectivity index (χ0v) is 5.83. The molecule has 0 aliphatic heterocycles. The number of hydrogen-bond acceptors (Lipinski definition) is 4. The molecule has 44 valence electrons. The van der Waals surface area contributed by atoms with Gasteiger partial charge in [0, 0.05) is 11.2 Å². The van der Waals surface area contributed by atoms with E-state index < -0.39 is 11.2 Å². The molecule has 0 aliphatic rings. The van der Waals surface area contributed by atoms with Crippen molar-refractivity contribution in [3.8, 4) is 0 Å². The Morgan fingerprint density at radius 3 is 2.88 bits per heavy atom. The lowest BCUT2D eigenvalue weighted by Crippen LogP contribution is -1.95. The molecule has 1 heterocycles. The normalized spacial score (nSPS) is 13.8. The van der Waals surface area contributed by atoms with Crippen LogP contribution in [-0.4, -0.2) is 21.0 Å². The van der Waals surface area contributed by atoms with E-state index in [0.29, 0.717) is 4.34 Å². The molecule has 0 amide bonds. The maximum absolute atomic E-state index is 10.5. The highest BCUT2D eigenvalue weighted by Crippen LogP contribution is 2.07. The molecular weight excluding hydrogens is 144 g/mol. The summed E-state index contributed by atoms with van der Waals surface area (Å²) in [6.45, 7) is 0. The highest BCUT2D eigenvalue weighted by Gasteiger charge is 2.05. The average Bonchev–Trinajstić information content (AvgIpc) is 2.12. The summed E-state index contributed by atoms with van der Waals surface area (Å²) in [5.41, 5.74) is 1.57. The molecule has 1 aromatic rings. The van der Waals surface area contributed by atoms with Gasteiger partial charge in [-0.1, -0.05) is 5.10 Å². The Labute approximate surface area is 53.9 Å². The van der Waals surface area contributed by atoms with Crippen molar-refractivity contribution in [2.24, 2.45) is 0 Å². The quantitative estimate of drug-likeness (QED) is 0.537. The zero-order chi connectivity index (χ0) is 5.98. The van der Waals surface area contributed by atoms with Crippen molar-refractivity contribution in [2.45, 2.75) is 4.34 Å². The van der Waals surface area contributed by atoms with Gasteiger partial charge in [0.25, 0.3) is 0 Å². The van der Waals surface area contributed by atoms with Gasteiger partial charge in [-0.2, -0.15) is 0 Å². The predicted molar refractivity (Wildman–Crippen MR) is 32.2 cm³/mol. The second kappa shape index (κ2) is 2.43. The minimum Gasteiger partial charge on any atom is -0.610 e. The van der Waals surface area contributed by atoms with Crippen molar-refractivity contribution in [3.63, 3.8) is 0 Å². The Kier molecular flexibility index (Phi) is 1.82. The van der Waals surface area contributed by atoms with Gasteiger partial charge in [-0.3, -0.25) is 0 Å². The zero-order valence-electron chi connectivity index (χ0n) is 4.20. The van der Waals surface area contributed by atoms with Gasteiger partial charge < -0.3 is 4.55 Å². The molecule has 0 fully saturated rings. The smallest absolute Gasteiger partial charge is 0.321 e.